The van der Waals surface area contributed by atoms with Crippen molar-refractivity contribution in [2.24, 2.45) is 5.92 Å². The van der Waals surface area contributed by atoms with E-state index in [0.29, 0.717) is 18.4 Å². The maximum atomic E-state index is 13.5. The molecule has 0 spiro atoms. The van der Waals surface area contributed by atoms with Crippen LogP contribution in [0.1, 0.15) is 111 Å². The molecule has 7 heteroatoms. The van der Waals surface area contributed by atoms with Crippen molar-refractivity contribution in [3.05, 3.63) is 58.9 Å². The van der Waals surface area contributed by atoms with Crippen LogP contribution in [0.2, 0.25) is 0 Å². The lowest BCUT2D eigenvalue weighted by Gasteiger charge is -2.18. The minimum absolute atomic E-state index is 0.101. The number of aldehydes is 1. The molecule has 45 heavy (non-hydrogen) atoms. The van der Waals surface area contributed by atoms with Gasteiger partial charge in [-0.1, -0.05) is 112 Å². The molecule has 0 aliphatic carbocycles. The smallest absolute Gasteiger partial charge is 0.207 e. The number of halogens is 1. The second kappa shape index (κ2) is 37.1. The maximum absolute atomic E-state index is 13.5. The van der Waals surface area contributed by atoms with Gasteiger partial charge in [-0.15, -0.1) is 0 Å². The second-order valence-corrected chi connectivity index (χ2v) is 9.81. The Bertz CT molecular complexity index is 990. The van der Waals surface area contributed by atoms with Crippen molar-refractivity contribution in [1.82, 2.24) is 5.32 Å². The number of aryl methyl sites for hydroxylation is 2. The van der Waals surface area contributed by atoms with Gasteiger partial charge in [0.2, 0.25) is 6.41 Å². The number of ether oxygens (including phenoxy) is 2. The van der Waals surface area contributed by atoms with Crippen LogP contribution in [0.5, 0.6) is 0 Å². The third-order valence-electron chi connectivity index (χ3n) is 6.26. The van der Waals surface area contributed by atoms with Gasteiger partial charge in [0.15, 0.2) is 0 Å². The lowest BCUT2D eigenvalue weighted by atomic mass is 9.98. The number of nitriles is 1. The van der Waals surface area contributed by atoms with Gasteiger partial charge in [0, 0.05) is 20.1 Å². The third-order valence-corrected chi connectivity index (χ3v) is 6.26. The van der Waals surface area contributed by atoms with Crippen LogP contribution in [0, 0.1) is 36.9 Å². The molecule has 2 rings (SSSR count). The fourth-order valence-corrected chi connectivity index (χ4v) is 3.26. The summed E-state index contributed by atoms with van der Waals surface area (Å²) in [4.78, 5) is 19.8. The van der Waals surface area contributed by atoms with E-state index in [9.17, 15) is 14.0 Å². The van der Waals surface area contributed by atoms with E-state index in [4.69, 9.17) is 14.7 Å². The van der Waals surface area contributed by atoms with Crippen LogP contribution in [-0.2, 0) is 25.5 Å². The topological polar surface area (TPSA) is 88.4 Å². The fraction of sp³-hybridized carbons (Fsp3) is 0.605. The number of methoxy groups -OCH3 is 1. The maximum Gasteiger partial charge on any atom is 0.207 e. The molecule has 0 radical (unpaired) electrons. The van der Waals surface area contributed by atoms with E-state index in [2.05, 4.69) is 39.9 Å². The Morgan fingerprint density at radius 3 is 1.89 bits per heavy atom. The van der Waals surface area contributed by atoms with Crippen LogP contribution in [0.15, 0.2) is 36.4 Å². The highest BCUT2D eigenvalue weighted by atomic mass is 19.1. The van der Waals surface area contributed by atoms with Gasteiger partial charge in [-0.2, -0.15) is 5.26 Å². The van der Waals surface area contributed by atoms with Gasteiger partial charge in [-0.05, 0) is 66.5 Å². The van der Waals surface area contributed by atoms with Crippen molar-refractivity contribution >= 4 is 12.7 Å². The number of nitrogens with zero attached hydrogens (tertiary/aromatic N) is 1. The number of hydrogen-bond donors (Lipinski definition) is 1. The van der Waals surface area contributed by atoms with Gasteiger partial charge in [-0.3, -0.25) is 4.79 Å². The van der Waals surface area contributed by atoms with Crippen LogP contribution >= 0.6 is 0 Å². The number of rotatable bonds is 14. The molecule has 0 bridgehead atoms. The Balaban J connectivity index is -0.000000272. The van der Waals surface area contributed by atoms with Crippen LogP contribution in [0.4, 0.5) is 4.39 Å². The number of carbonyl (C=O) groups excluding carboxylic acids is 2. The molecule has 0 heterocycles. The van der Waals surface area contributed by atoms with Crippen LogP contribution < -0.4 is 5.32 Å². The molecule has 0 fully saturated rings. The summed E-state index contributed by atoms with van der Waals surface area (Å²) in [6.45, 7) is 24.4. The normalized spacial score (nSPS) is 10.4. The van der Waals surface area contributed by atoms with E-state index in [1.165, 1.54) is 19.3 Å². The molecule has 258 valence electrons. The second-order valence-electron chi connectivity index (χ2n) is 9.81. The number of amides is 1. The molecule has 6 nitrogen and oxygen atoms in total. The Morgan fingerprint density at radius 2 is 1.49 bits per heavy atom. The monoisotopic (exact) mass is 632 g/mol. The van der Waals surface area contributed by atoms with E-state index in [1.54, 1.807) is 32.2 Å². The number of hydrogen-bond acceptors (Lipinski definition) is 5. The summed E-state index contributed by atoms with van der Waals surface area (Å²) < 4.78 is 24.3. The molecule has 0 aliphatic heterocycles. The molecule has 0 saturated heterocycles. The standard InChI is InChI=1S/C16H15FO.C11H24O2.C4H10.C3H4N2O.2C2H6/c1-11-3-4-15(10-16(11)17)14-6-5-13(7-8-18)12(2)9-14;1-5-7-13-9-11(12-4)8-10(3)6-2;1-3-4-2;4-1-2-5-3-6;2*1-2/h3-6,8-10H,7H2,1-2H3;10-11H,5-9H2,1-4H3;3-4H2,1-2H3;3H,2H2,(H,5,6);2*1-2H3. The largest absolute Gasteiger partial charge is 0.379 e. The molecular formula is C38H65FN2O4. The molecule has 2 aromatic carbocycles. The quantitative estimate of drug-likeness (QED) is 0.127. The number of nitrogens with one attached hydrogen (secondary N) is 1. The van der Waals surface area contributed by atoms with Crippen molar-refractivity contribution in [2.45, 2.75) is 121 Å². The number of benzene rings is 2. The zero-order chi connectivity index (χ0) is 35.5. The van der Waals surface area contributed by atoms with Crippen molar-refractivity contribution in [3.63, 3.8) is 0 Å². The van der Waals surface area contributed by atoms with E-state index in [-0.39, 0.29) is 18.5 Å². The first-order valence-electron chi connectivity index (χ1n) is 16.6. The molecular weight excluding hydrogens is 567 g/mol. The lowest BCUT2D eigenvalue weighted by molar-refractivity contribution is -0.109. The van der Waals surface area contributed by atoms with Gasteiger partial charge in [0.1, 0.15) is 18.6 Å². The summed E-state index contributed by atoms with van der Waals surface area (Å²) in [5, 5.41) is 9.88. The predicted octanol–water partition coefficient (Wildman–Crippen LogP) is 9.83. The van der Waals surface area contributed by atoms with Crippen LogP contribution in [0.25, 0.3) is 11.1 Å². The van der Waals surface area contributed by atoms with E-state index in [1.807, 2.05) is 58.9 Å². The Kier molecular flexibility index (Phi) is 40.3. The summed E-state index contributed by atoms with van der Waals surface area (Å²) in [7, 11) is 1.77. The minimum Gasteiger partial charge on any atom is -0.379 e. The van der Waals surface area contributed by atoms with Gasteiger partial charge in [0.05, 0.1) is 18.8 Å². The zero-order valence-corrected chi connectivity index (χ0v) is 30.6. The average Bonchev–Trinajstić information content (AvgIpc) is 3.08. The molecule has 1 amide bonds. The highest BCUT2D eigenvalue weighted by Crippen LogP contribution is 2.24. The highest BCUT2D eigenvalue weighted by molar-refractivity contribution is 5.66. The summed E-state index contributed by atoms with van der Waals surface area (Å²) in [6, 6.07) is 12.8. The molecule has 0 saturated carbocycles. The number of unbranched alkanes of at least 4 members (excludes halogenated alkanes) is 1. The summed E-state index contributed by atoms with van der Waals surface area (Å²) in [6.07, 6.45) is 8.14. The molecule has 1 N–H and O–H groups in total. The lowest BCUT2D eigenvalue weighted by Crippen LogP contribution is -2.21. The fourth-order valence-electron chi connectivity index (χ4n) is 3.26. The first-order valence-corrected chi connectivity index (χ1v) is 16.6. The van der Waals surface area contributed by atoms with Crippen molar-refractivity contribution in [1.29, 1.82) is 5.26 Å². The average molecular weight is 633 g/mol. The van der Waals surface area contributed by atoms with Crippen molar-refractivity contribution in [2.75, 3.05) is 26.9 Å². The molecule has 2 aromatic rings. The molecule has 0 aliphatic rings. The Labute approximate surface area is 276 Å². The summed E-state index contributed by atoms with van der Waals surface area (Å²) in [5.74, 6) is 0.539. The summed E-state index contributed by atoms with van der Waals surface area (Å²) in [5.41, 5.74) is 4.55. The van der Waals surface area contributed by atoms with Gasteiger partial charge >= 0.3 is 0 Å². The van der Waals surface area contributed by atoms with Crippen molar-refractivity contribution in [3.8, 4) is 17.2 Å². The first-order chi connectivity index (χ1) is 21.7. The highest BCUT2D eigenvalue weighted by Gasteiger charge is 2.11. The summed E-state index contributed by atoms with van der Waals surface area (Å²) >= 11 is 0. The Hall–Kier alpha value is -3.08. The number of carbonyl (C=O) groups is 2. The van der Waals surface area contributed by atoms with E-state index < -0.39 is 0 Å². The van der Waals surface area contributed by atoms with Gasteiger partial charge < -0.3 is 19.6 Å². The Morgan fingerprint density at radius 1 is 0.911 bits per heavy atom. The van der Waals surface area contributed by atoms with Crippen LogP contribution in [-0.4, -0.2) is 45.7 Å². The first kappa shape index (κ1) is 48.8. The van der Waals surface area contributed by atoms with E-state index in [0.717, 1.165) is 60.5 Å². The van der Waals surface area contributed by atoms with Gasteiger partial charge in [-0.25, -0.2) is 4.39 Å². The predicted molar refractivity (Wildman–Crippen MR) is 190 cm³/mol. The van der Waals surface area contributed by atoms with Gasteiger partial charge in [0.25, 0.3) is 0 Å². The van der Waals surface area contributed by atoms with E-state index >= 15 is 0 Å². The van der Waals surface area contributed by atoms with Crippen molar-refractivity contribution < 1.29 is 23.5 Å². The molecule has 2 atom stereocenters. The SMILES string of the molecule is CC.CC.CCCC.CCCOCC(CC(C)CC)OC.Cc1ccc(-c2ccc(CC=O)c(C)c2)cc1F.N#CCNC=O. The minimum atomic E-state index is -0.192. The van der Waals surface area contributed by atoms with Crippen LogP contribution in [0.3, 0.4) is 0 Å². The molecule has 0 aromatic heterocycles. The third kappa shape index (κ3) is 28.2. The zero-order valence-electron chi connectivity index (χ0n) is 30.6. The molecule has 2 unspecified atom stereocenters.